The first-order chi connectivity index (χ1) is 13.5. The smallest absolute Gasteiger partial charge is 0.231 e. The van der Waals surface area contributed by atoms with Crippen LogP contribution in [0.1, 0.15) is 37.8 Å². The average molecular weight is 373 g/mol. The lowest BCUT2D eigenvalue weighted by molar-refractivity contribution is -0.117. The molecule has 0 aliphatic heterocycles. The summed E-state index contributed by atoms with van der Waals surface area (Å²) in [4.78, 5) is 12.6. The number of ether oxygens (including phenoxy) is 1. The number of amides is 1. The number of anilines is 1. The second kappa shape index (κ2) is 9.23. The number of benzene rings is 3. The van der Waals surface area contributed by atoms with E-state index < -0.39 is 0 Å². The fourth-order valence-electron chi connectivity index (χ4n) is 3.05. The summed E-state index contributed by atoms with van der Waals surface area (Å²) in [6, 6.07) is 25.4. The van der Waals surface area contributed by atoms with Crippen LogP contribution in [0.15, 0.2) is 78.9 Å². The first kappa shape index (κ1) is 19.7. The maximum Gasteiger partial charge on any atom is 0.231 e. The van der Waals surface area contributed by atoms with Gasteiger partial charge in [-0.2, -0.15) is 0 Å². The van der Waals surface area contributed by atoms with Crippen LogP contribution < -0.4 is 10.1 Å². The Hall–Kier alpha value is -3.07. The van der Waals surface area contributed by atoms with E-state index in [4.69, 9.17) is 4.74 Å². The van der Waals surface area contributed by atoms with Crippen LogP contribution in [0.5, 0.6) is 11.5 Å². The number of para-hydroxylation sites is 1. The molecule has 1 atom stereocenters. The minimum Gasteiger partial charge on any atom is -0.457 e. The van der Waals surface area contributed by atoms with Crippen molar-refractivity contribution >= 4 is 11.6 Å². The molecule has 0 aliphatic rings. The highest BCUT2D eigenvalue weighted by Crippen LogP contribution is 2.24. The first-order valence-electron chi connectivity index (χ1n) is 9.74. The third-order valence-electron chi connectivity index (χ3n) is 4.62. The van der Waals surface area contributed by atoms with Crippen molar-refractivity contribution in [2.45, 2.75) is 33.1 Å². The molecule has 0 spiro atoms. The van der Waals surface area contributed by atoms with Gasteiger partial charge in [-0.25, -0.2) is 0 Å². The molecule has 3 aromatic rings. The Labute approximate surface area is 167 Å². The Bertz CT molecular complexity index is 884. The van der Waals surface area contributed by atoms with Crippen LogP contribution in [0.3, 0.4) is 0 Å². The Morgan fingerprint density at radius 1 is 0.821 bits per heavy atom. The van der Waals surface area contributed by atoms with E-state index in [0.717, 1.165) is 29.2 Å². The van der Waals surface area contributed by atoms with Gasteiger partial charge < -0.3 is 10.1 Å². The van der Waals surface area contributed by atoms with Gasteiger partial charge in [0, 0.05) is 5.69 Å². The van der Waals surface area contributed by atoms with Gasteiger partial charge in [0.05, 0.1) is 5.92 Å². The molecule has 0 saturated carbocycles. The molecule has 1 amide bonds. The van der Waals surface area contributed by atoms with Crippen molar-refractivity contribution in [3.05, 3.63) is 90.0 Å². The molecule has 3 rings (SSSR count). The average Bonchev–Trinajstić information content (AvgIpc) is 2.70. The van der Waals surface area contributed by atoms with Crippen molar-refractivity contribution in [3.8, 4) is 11.5 Å². The van der Waals surface area contributed by atoms with Gasteiger partial charge in [-0.3, -0.25) is 4.79 Å². The summed E-state index contributed by atoms with van der Waals surface area (Å²) < 4.78 is 5.78. The highest BCUT2D eigenvalue weighted by molar-refractivity contribution is 5.95. The zero-order valence-electron chi connectivity index (χ0n) is 16.7. The van der Waals surface area contributed by atoms with Crippen LogP contribution in [0.2, 0.25) is 0 Å². The van der Waals surface area contributed by atoms with Crippen LogP contribution in [-0.2, 0) is 11.2 Å². The van der Waals surface area contributed by atoms with Gasteiger partial charge in [0.2, 0.25) is 5.91 Å². The number of hydrogen-bond donors (Lipinski definition) is 1. The van der Waals surface area contributed by atoms with Gasteiger partial charge in [-0.1, -0.05) is 56.3 Å². The lowest BCUT2D eigenvalue weighted by Crippen LogP contribution is -2.18. The molecular weight excluding hydrogens is 346 g/mol. The van der Waals surface area contributed by atoms with E-state index in [2.05, 4.69) is 43.4 Å². The topological polar surface area (TPSA) is 38.3 Å². The van der Waals surface area contributed by atoms with Crippen molar-refractivity contribution in [2.24, 2.45) is 5.92 Å². The molecular formula is C25H27NO2. The lowest BCUT2D eigenvalue weighted by Gasteiger charge is -2.14. The van der Waals surface area contributed by atoms with Crippen molar-refractivity contribution in [1.82, 2.24) is 0 Å². The molecule has 3 heteroatoms. The van der Waals surface area contributed by atoms with E-state index in [1.54, 1.807) is 0 Å². The Morgan fingerprint density at radius 2 is 1.43 bits per heavy atom. The summed E-state index contributed by atoms with van der Waals surface area (Å²) in [5, 5.41) is 2.98. The fourth-order valence-corrected chi connectivity index (χ4v) is 3.05. The molecule has 28 heavy (non-hydrogen) atoms. The van der Waals surface area contributed by atoms with Gasteiger partial charge in [0.25, 0.3) is 0 Å². The maximum atomic E-state index is 12.6. The molecule has 0 radical (unpaired) electrons. The highest BCUT2D eigenvalue weighted by atomic mass is 16.5. The standard InChI is InChI=1S/C25H27NO2/c1-18(2)17-20-9-11-21(12-10-20)19(3)25(27)26-22-13-15-24(16-14-22)28-23-7-5-4-6-8-23/h4-16,18-19H,17H2,1-3H3,(H,26,27). The van der Waals surface area contributed by atoms with Crippen molar-refractivity contribution in [1.29, 1.82) is 0 Å². The zero-order valence-corrected chi connectivity index (χ0v) is 16.7. The van der Waals surface area contributed by atoms with E-state index >= 15 is 0 Å². The molecule has 0 aliphatic carbocycles. The third-order valence-corrected chi connectivity index (χ3v) is 4.62. The molecule has 0 saturated heterocycles. The fraction of sp³-hybridized carbons (Fsp3) is 0.240. The molecule has 1 unspecified atom stereocenters. The minimum atomic E-state index is -0.214. The minimum absolute atomic E-state index is 0.0201. The third kappa shape index (κ3) is 5.46. The van der Waals surface area contributed by atoms with E-state index in [1.165, 1.54) is 5.56 Å². The van der Waals surface area contributed by atoms with Gasteiger partial charge in [0.15, 0.2) is 0 Å². The summed E-state index contributed by atoms with van der Waals surface area (Å²) in [5.74, 6) is 1.91. The SMILES string of the molecule is CC(C)Cc1ccc(C(C)C(=O)Nc2ccc(Oc3ccccc3)cc2)cc1. The van der Waals surface area contributed by atoms with Crippen molar-refractivity contribution in [3.63, 3.8) is 0 Å². The van der Waals surface area contributed by atoms with E-state index in [9.17, 15) is 4.79 Å². The lowest BCUT2D eigenvalue weighted by atomic mass is 9.96. The van der Waals surface area contributed by atoms with Crippen LogP contribution in [0, 0.1) is 5.92 Å². The van der Waals surface area contributed by atoms with Gasteiger partial charge in [0.1, 0.15) is 11.5 Å². The molecule has 0 bridgehead atoms. The maximum absolute atomic E-state index is 12.6. The number of carbonyl (C=O) groups excluding carboxylic acids is 1. The summed E-state index contributed by atoms with van der Waals surface area (Å²) in [6.45, 7) is 6.35. The normalized spacial score (nSPS) is 11.9. The Balaban J connectivity index is 1.59. The quantitative estimate of drug-likeness (QED) is 0.519. The number of nitrogens with one attached hydrogen (secondary N) is 1. The predicted molar refractivity (Wildman–Crippen MR) is 115 cm³/mol. The van der Waals surface area contributed by atoms with Gasteiger partial charge >= 0.3 is 0 Å². The molecule has 0 heterocycles. The number of hydrogen-bond acceptors (Lipinski definition) is 2. The highest BCUT2D eigenvalue weighted by Gasteiger charge is 2.15. The largest absolute Gasteiger partial charge is 0.457 e. The summed E-state index contributed by atoms with van der Waals surface area (Å²) in [6.07, 6.45) is 1.05. The van der Waals surface area contributed by atoms with Crippen LogP contribution in [0.4, 0.5) is 5.69 Å². The summed E-state index contributed by atoms with van der Waals surface area (Å²) in [7, 11) is 0. The number of rotatable bonds is 7. The molecule has 0 fully saturated rings. The summed E-state index contributed by atoms with van der Waals surface area (Å²) in [5.41, 5.74) is 3.09. The Kier molecular flexibility index (Phi) is 6.49. The predicted octanol–water partition coefficient (Wildman–Crippen LogP) is 6.42. The van der Waals surface area contributed by atoms with E-state index in [-0.39, 0.29) is 11.8 Å². The second-order valence-corrected chi connectivity index (χ2v) is 7.49. The molecule has 3 aromatic carbocycles. The van der Waals surface area contributed by atoms with E-state index in [0.29, 0.717) is 5.92 Å². The first-order valence-corrected chi connectivity index (χ1v) is 9.74. The molecule has 1 N–H and O–H groups in total. The second-order valence-electron chi connectivity index (χ2n) is 7.49. The zero-order chi connectivity index (χ0) is 19.9. The van der Waals surface area contributed by atoms with E-state index in [1.807, 2.05) is 61.5 Å². The van der Waals surface area contributed by atoms with Crippen LogP contribution in [0.25, 0.3) is 0 Å². The van der Waals surface area contributed by atoms with Gasteiger partial charge in [-0.15, -0.1) is 0 Å². The monoisotopic (exact) mass is 373 g/mol. The van der Waals surface area contributed by atoms with Crippen LogP contribution >= 0.6 is 0 Å². The van der Waals surface area contributed by atoms with Crippen molar-refractivity contribution < 1.29 is 9.53 Å². The number of carbonyl (C=O) groups is 1. The molecule has 0 aromatic heterocycles. The summed E-state index contributed by atoms with van der Waals surface area (Å²) >= 11 is 0. The van der Waals surface area contributed by atoms with Gasteiger partial charge in [-0.05, 0) is 66.8 Å². The molecule has 3 nitrogen and oxygen atoms in total. The Morgan fingerprint density at radius 3 is 2.04 bits per heavy atom. The van der Waals surface area contributed by atoms with Crippen molar-refractivity contribution in [2.75, 3.05) is 5.32 Å². The van der Waals surface area contributed by atoms with Crippen LogP contribution in [-0.4, -0.2) is 5.91 Å². The molecule has 144 valence electrons.